The number of aryl methyl sites for hydroxylation is 1. The molecule has 3 rings (SSSR count). The molecule has 0 spiro atoms. The molecule has 0 saturated carbocycles. The Labute approximate surface area is 266 Å². The van der Waals surface area contributed by atoms with Crippen molar-refractivity contribution in [2.45, 2.75) is 78.0 Å². The topological polar surface area (TPSA) is 84.7 Å². The number of esters is 1. The fourth-order valence-corrected chi connectivity index (χ4v) is 5.33. The van der Waals surface area contributed by atoms with E-state index in [-0.39, 0.29) is 30.5 Å². The maximum atomic E-state index is 13.9. The third-order valence-electron chi connectivity index (χ3n) is 7.60. The first-order chi connectivity index (χ1) is 21.6. The zero-order valence-electron chi connectivity index (χ0n) is 26.7. The second kappa shape index (κ2) is 17.4. The van der Waals surface area contributed by atoms with Crippen LogP contribution >= 0.6 is 0 Å². The lowest BCUT2D eigenvalue weighted by atomic mass is 10.00. The third kappa shape index (κ3) is 10.8. The van der Waals surface area contributed by atoms with E-state index in [1.165, 1.54) is 35.4 Å². The van der Waals surface area contributed by atoms with Crippen molar-refractivity contribution >= 4 is 11.9 Å². The number of benzene rings is 3. The Bertz CT molecular complexity index is 1460. The van der Waals surface area contributed by atoms with Gasteiger partial charge in [-0.05, 0) is 86.1 Å². The van der Waals surface area contributed by atoms with Crippen LogP contribution < -0.4 is 11.1 Å². The Balaban J connectivity index is 1.84. The van der Waals surface area contributed by atoms with E-state index in [2.05, 4.69) is 36.4 Å². The monoisotopic (exact) mass is 617 g/mol. The summed E-state index contributed by atoms with van der Waals surface area (Å²) in [5.41, 5.74) is 10.1. The smallest absolute Gasteiger partial charge is 0.338 e. The van der Waals surface area contributed by atoms with Crippen LogP contribution in [0.15, 0.2) is 60.7 Å². The Morgan fingerprint density at radius 1 is 0.911 bits per heavy atom. The fourth-order valence-electron chi connectivity index (χ4n) is 5.33. The summed E-state index contributed by atoms with van der Waals surface area (Å²) in [6.07, 6.45) is 8.15. The van der Waals surface area contributed by atoms with Crippen molar-refractivity contribution in [3.05, 3.63) is 106 Å². The van der Waals surface area contributed by atoms with Gasteiger partial charge in [0, 0.05) is 48.9 Å². The van der Waals surface area contributed by atoms with Crippen LogP contribution in [-0.2, 0) is 24.0 Å². The Kier molecular flexibility index (Phi) is 13.7. The van der Waals surface area contributed by atoms with Crippen LogP contribution in [0.1, 0.15) is 83.5 Å². The molecule has 3 aromatic rings. The summed E-state index contributed by atoms with van der Waals surface area (Å²) in [7, 11) is 0. The van der Waals surface area contributed by atoms with Gasteiger partial charge in [0.25, 0.3) is 5.91 Å². The highest BCUT2D eigenvalue weighted by molar-refractivity contribution is 5.98. The standard InChI is InChI=1S/C37H45F2N3O3/c1-6-13-42(14-7-2)36(43)30-17-27(9-4)18-31(22-30)37(44)45-35(34(40)21-29-19-32(38)23-33(39)20-29)24-41-25(5)15-28-12-10-11-26(8-3)16-28/h4,10-12,16-20,22-23,25,34-35,41H,6-8,13-15,21,24,40H2,1-3,5H3/t25?,34-,35+/m0/s1. The zero-order valence-corrected chi connectivity index (χ0v) is 26.7. The largest absolute Gasteiger partial charge is 0.456 e. The molecule has 0 radical (unpaired) electrons. The van der Waals surface area contributed by atoms with Crippen molar-refractivity contribution in [1.29, 1.82) is 0 Å². The quantitative estimate of drug-likeness (QED) is 0.150. The van der Waals surface area contributed by atoms with Crippen LogP contribution in [0.5, 0.6) is 0 Å². The number of terminal acetylenes is 1. The first-order valence-corrected chi connectivity index (χ1v) is 15.7. The van der Waals surface area contributed by atoms with Gasteiger partial charge in [-0.1, -0.05) is 51.0 Å². The lowest BCUT2D eigenvalue weighted by Gasteiger charge is -2.27. The van der Waals surface area contributed by atoms with Crippen LogP contribution in [0.4, 0.5) is 8.78 Å². The summed E-state index contributed by atoms with van der Waals surface area (Å²) in [6.45, 7) is 9.48. The molecule has 0 saturated heterocycles. The predicted molar refractivity (Wildman–Crippen MR) is 175 cm³/mol. The second-order valence-electron chi connectivity index (χ2n) is 11.5. The number of amides is 1. The van der Waals surface area contributed by atoms with Crippen molar-refractivity contribution in [1.82, 2.24) is 10.2 Å². The molecular weight excluding hydrogens is 572 g/mol. The number of nitrogens with one attached hydrogen (secondary N) is 1. The Hall–Kier alpha value is -4.06. The molecule has 0 fully saturated rings. The van der Waals surface area contributed by atoms with Crippen molar-refractivity contribution in [2.24, 2.45) is 5.73 Å². The zero-order chi connectivity index (χ0) is 32.9. The number of carbonyl (C=O) groups excluding carboxylic acids is 2. The van der Waals surface area contributed by atoms with E-state index in [0.29, 0.717) is 29.8 Å². The van der Waals surface area contributed by atoms with E-state index in [9.17, 15) is 18.4 Å². The highest BCUT2D eigenvalue weighted by atomic mass is 19.1. The molecule has 0 aliphatic carbocycles. The number of nitrogens with zero attached hydrogens (tertiary/aromatic N) is 1. The number of halogens is 2. The number of nitrogens with two attached hydrogens (primary N) is 1. The molecule has 8 heteroatoms. The molecule has 0 aliphatic rings. The first kappa shape index (κ1) is 35.4. The number of rotatable bonds is 16. The van der Waals surface area contributed by atoms with E-state index in [1.54, 1.807) is 11.0 Å². The summed E-state index contributed by atoms with van der Waals surface area (Å²) in [4.78, 5) is 28.6. The first-order valence-electron chi connectivity index (χ1n) is 15.7. The molecule has 0 aromatic heterocycles. The molecule has 3 N–H and O–H groups in total. The molecule has 1 amide bonds. The maximum absolute atomic E-state index is 13.9. The summed E-state index contributed by atoms with van der Waals surface area (Å²) >= 11 is 0. The average molecular weight is 618 g/mol. The molecule has 45 heavy (non-hydrogen) atoms. The van der Waals surface area contributed by atoms with Crippen LogP contribution in [0, 0.1) is 24.0 Å². The molecule has 240 valence electrons. The van der Waals surface area contributed by atoms with Crippen LogP contribution in [-0.4, -0.2) is 54.6 Å². The van der Waals surface area contributed by atoms with Gasteiger partial charge in [-0.2, -0.15) is 0 Å². The number of carbonyl (C=O) groups is 2. The van der Waals surface area contributed by atoms with Crippen LogP contribution in [0.3, 0.4) is 0 Å². The Morgan fingerprint density at radius 3 is 2.18 bits per heavy atom. The van der Waals surface area contributed by atoms with Crippen molar-refractivity contribution in [3.8, 4) is 12.3 Å². The lowest BCUT2D eigenvalue weighted by molar-refractivity contribution is 0.0233. The van der Waals surface area contributed by atoms with Gasteiger partial charge in [0.15, 0.2) is 0 Å². The lowest BCUT2D eigenvalue weighted by Crippen LogP contribution is -2.48. The molecule has 1 unspecified atom stereocenters. The molecule has 3 atom stereocenters. The van der Waals surface area contributed by atoms with Gasteiger partial charge >= 0.3 is 5.97 Å². The van der Waals surface area contributed by atoms with Gasteiger partial charge in [0.2, 0.25) is 0 Å². The second-order valence-corrected chi connectivity index (χ2v) is 11.5. The molecule has 3 aromatic carbocycles. The molecule has 0 heterocycles. The van der Waals surface area contributed by atoms with E-state index in [1.807, 2.05) is 26.8 Å². The number of ether oxygens (including phenoxy) is 1. The SMILES string of the molecule is C#Cc1cc(C(=O)O[C@H](CNC(C)Cc2cccc(CC)c2)[C@@H](N)Cc2cc(F)cc(F)c2)cc(C(=O)N(CCC)CCC)c1. The maximum Gasteiger partial charge on any atom is 0.338 e. The number of hydrogen-bond acceptors (Lipinski definition) is 5. The van der Waals surface area contributed by atoms with Gasteiger partial charge in [-0.25, -0.2) is 13.6 Å². The molecule has 0 aliphatic heterocycles. The summed E-state index contributed by atoms with van der Waals surface area (Å²) in [6, 6.07) is 15.4. The molecule has 0 bridgehead atoms. The van der Waals surface area contributed by atoms with Gasteiger partial charge in [-0.15, -0.1) is 6.42 Å². The summed E-state index contributed by atoms with van der Waals surface area (Å²) in [5, 5.41) is 3.41. The minimum atomic E-state index is -0.862. The normalized spacial score (nSPS) is 13.0. The summed E-state index contributed by atoms with van der Waals surface area (Å²) in [5.74, 6) is 0.186. The van der Waals surface area contributed by atoms with Gasteiger partial charge < -0.3 is 20.7 Å². The third-order valence-corrected chi connectivity index (χ3v) is 7.60. The number of hydrogen-bond donors (Lipinski definition) is 2. The summed E-state index contributed by atoms with van der Waals surface area (Å²) < 4.78 is 33.8. The van der Waals surface area contributed by atoms with E-state index in [4.69, 9.17) is 16.9 Å². The van der Waals surface area contributed by atoms with Crippen molar-refractivity contribution < 1.29 is 23.1 Å². The van der Waals surface area contributed by atoms with E-state index in [0.717, 1.165) is 31.7 Å². The van der Waals surface area contributed by atoms with Crippen molar-refractivity contribution in [2.75, 3.05) is 19.6 Å². The van der Waals surface area contributed by atoms with E-state index < -0.39 is 29.7 Å². The molecule has 6 nitrogen and oxygen atoms in total. The van der Waals surface area contributed by atoms with Gasteiger partial charge in [-0.3, -0.25) is 4.79 Å². The minimum Gasteiger partial charge on any atom is -0.456 e. The van der Waals surface area contributed by atoms with Crippen LogP contribution in [0.25, 0.3) is 0 Å². The highest BCUT2D eigenvalue weighted by Gasteiger charge is 2.26. The van der Waals surface area contributed by atoms with Gasteiger partial charge in [0.1, 0.15) is 17.7 Å². The predicted octanol–water partition coefficient (Wildman–Crippen LogP) is 6.09. The Morgan fingerprint density at radius 2 is 1.56 bits per heavy atom. The van der Waals surface area contributed by atoms with Crippen LogP contribution in [0.2, 0.25) is 0 Å². The molecular formula is C37H45F2N3O3. The minimum absolute atomic E-state index is 0.00855. The van der Waals surface area contributed by atoms with Gasteiger partial charge in [0.05, 0.1) is 5.56 Å². The van der Waals surface area contributed by atoms with E-state index >= 15 is 0 Å². The fraction of sp³-hybridized carbons (Fsp3) is 0.405. The highest BCUT2D eigenvalue weighted by Crippen LogP contribution is 2.18. The average Bonchev–Trinajstić information content (AvgIpc) is 3.01. The van der Waals surface area contributed by atoms with Crippen molar-refractivity contribution in [3.63, 3.8) is 0 Å².